The molecule has 3 aromatic rings. The molecule has 0 aliphatic carbocycles. The maximum absolute atomic E-state index is 13.8. The molecule has 3 atom stereocenters. The van der Waals surface area contributed by atoms with Crippen LogP contribution < -0.4 is 15.5 Å². The fourth-order valence-electron chi connectivity index (χ4n) is 4.15. The highest BCUT2D eigenvalue weighted by atomic mass is 16.4. The molecular weight excluding hydrogens is 480 g/mol. The van der Waals surface area contributed by atoms with Crippen LogP contribution in [0.1, 0.15) is 42.6 Å². The second-order valence-corrected chi connectivity index (χ2v) is 8.59. The number of hydrogen-bond acceptors (Lipinski definition) is 8. The van der Waals surface area contributed by atoms with E-state index in [1.807, 2.05) is 6.07 Å². The number of H-pyrrole nitrogens is 1. The SMILES string of the molecule is C[C@H](C(=O)NC(CCC(=O)O)C(=O)N1c2ncccc2C[C@H]1C(=O)NCc1nn[nH]n1)c1ccccc1. The number of aromatic nitrogens is 5. The number of aliphatic carboxylic acids is 1. The molecule has 37 heavy (non-hydrogen) atoms. The summed E-state index contributed by atoms with van der Waals surface area (Å²) in [6.45, 7) is 1.69. The summed E-state index contributed by atoms with van der Waals surface area (Å²) in [7, 11) is 0. The van der Waals surface area contributed by atoms with Crippen LogP contribution in [-0.2, 0) is 32.1 Å². The molecule has 0 saturated carbocycles. The van der Waals surface area contributed by atoms with Gasteiger partial charge in [0.2, 0.25) is 11.8 Å². The lowest BCUT2D eigenvalue weighted by Gasteiger charge is -2.29. The van der Waals surface area contributed by atoms with Gasteiger partial charge < -0.3 is 15.7 Å². The predicted octanol–water partition coefficient (Wildman–Crippen LogP) is 0.322. The Bertz CT molecular complexity index is 1270. The maximum atomic E-state index is 13.8. The van der Waals surface area contributed by atoms with Crippen molar-refractivity contribution in [2.24, 2.45) is 0 Å². The van der Waals surface area contributed by atoms with Crippen molar-refractivity contribution in [3.63, 3.8) is 0 Å². The van der Waals surface area contributed by atoms with Gasteiger partial charge in [0.25, 0.3) is 5.91 Å². The first kappa shape index (κ1) is 25.4. The smallest absolute Gasteiger partial charge is 0.303 e. The summed E-state index contributed by atoms with van der Waals surface area (Å²) in [6.07, 6.45) is 1.19. The van der Waals surface area contributed by atoms with Crippen LogP contribution in [0.5, 0.6) is 0 Å². The van der Waals surface area contributed by atoms with E-state index >= 15 is 0 Å². The number of hydrogen-bond donors (Lipinski definition) is 4. The van der Waals surface area contributed by atoms with Crippen molar-refractivity contribution >= 4 is 29.5 Å². The monoisotopic (exact) mass is 506 g/mol. The van der Waals surface area contributed by atoms with Crippen molar-refractivity contribution in [1.29, 1.82) is 0 Å². The van der Waals surface area contributed by atoms with E-state index < -0.39 is 41.7 Å². The summed E-state index contributed by atoms with van der Waals surface area (Å²) >= 11 is 0. The Labute approximate surface area is 211 Å². The second kappa shape index (κ2) is 11.4. The van der Waals surface area contributed by atoms with Gasteiger partial charge >= 0.3 is 5.97 Å². The third-order valence-electron chi connectivity index (χ3n) is 6.12. The van der Waals surface area contributed by atoms with Gasteiger partial charge in [0.05, 0.1) is 12.5 Å². The van der Waals surface area contributed by atoms with Crippen molar-refractivity contribution in [2.75, 3.05) is 4.90 Å². The average Bonchev–Trinajstić information content (AvgIpc) is 3.57. The van der Waals surface area contributed by atoms with Crippen molar-refractivity contribution < 1.29 is 24.3 Å². The Morgan fingerprint density at radius 3 is 2.65 bits per heavy atom. The number of pyridine rings is 1. The molecule has 3 amide bonds. The standard InChI is InChI=1S/C24H26N8O5/c1-14(15-6-3-2-4-7-15)22(35)27-17(9-10-20(33)34)24(37)32-18(12-16-8-5-11-25-21(16)32)23(36)26-13-19-28-30-31-29-19/h2-8,11,14,17-18H,9-10,12-13H2,1H3,(H,26,36)(H,27,35)(H,33,34)(H,28,29,30,31)/t14-,17?,18-/m0/s1. The fraction of sp³-hybridized carbons (Fsp3) is 0.333. The van der Waals surface area contributed by atoms with Crippen LogP contribution in [0, 0.1) is 0 Å². The summed E-state index contributed by atoms with van der Waals surface area (Å²) in [5, 5.41) is 28.0. The minimum Gasteiger partial charge on any atom is -0.481 e. The number of carboxylic acid groups (broad SMARTS) is 1. The molecule has 0 spiro atoms. The number of nitrogens with zero attached hydrogens (tertiary/aromatic N) is 5. The van der Waals surface area contributed by atoms with Gasteiger partial charge in [-0.2, -0.15) is 5.21 Å². The van der Waals surface area contributed by atoms with Crippen LogP contribution in [0.25, 0.3) is 0 Å². The quantitative estimate of drug-likeness (QED) is 0.301. The summed E-state index contributed by atoms with van der Waals surface area (Å²) in [4.78, 5) is 56.9. The molecule has 4 rings (SSSR count). The second-order valence-electron chi connectivity index (χ2n) is 8.59. The molecule has 1 aliphatic rings. The first-order valence-corrected chi connectivity index (χ1v) is 11.7. The highest BCUT2D eigenvalue weighted by Gasteiger charge is 2.42. The zero-order valence-electron chi connectivity index (χ0n) is 20.0. The van der Waals surface area contributed by atoms with Gasteiger partial charge in [0.15, 0.2) is 5.82 Å². The van der Waals surface area contributed by atoms with Crippen molar-refractivity contribution in [1.82, 2.24) is 36.2 Å². The average molecular weight is 507 g/mol. The molecule has 3 heterocycles. The zero-order valence-corrected chi connectivity index (χ0v) is 20.0. The van der Waals surface area contributed by atoms with Crippen molar-refractivity contribution in [2.45, 2.75) is 50.7 Å². The van der Waals surface area contributed by atoms with Gasteiger partial charge in [-0.15, -0.1) is 10.2 Å². The van der Waals surface area contributed by atoms with Crippen LogP contribution in [0.4, 0.5) is 5.82 Å². The van der Waals surface area contributed by atoms with Gasteiger partial charge in [-0.3, -0.25) is 24.1 Å². The number of carboxylic acids is 1. The Morgan fingerprint density at radius 1 is 1.16 bits per heavy atom. The van der Waals surface area contributed by atoms with Crippen LogP contribution in [0.3, 0.4) is 0 Å². The minimum atomic E-state index is -1.18. The molecule has 1 aliphatic heterocycles. The number of benzene rings is 1. The Hall–Kier alpha value is -4.68. The van der Waals surface area contributed by atoms with E-state index in [1.165, 1.54) is 11.1 Å². The van der Waals surface area contributed by atoms with Gasteiger partial charge in [-0.1, -0.05) is 41.6 Å². The van der Waals surface area contributed by atoms with E-state index in [-0.39, 0.29) is 37.4 Å². The summed E-state index contributed by atoms with van der Waals surface area (Å²) < 4.78 is 0. The number of rotatable bonds is 10. The number of nitrogens with one attached hydrogen (secondary N) is 3. The molecule has 2 aromatic heterocycles. The Morgan fingerprint density at radius 2 is 1.95 bits per heavy atom. The lowest BCUT2D eigenvalue weighted by molar-refractivity contribution is -0.138. The van der Waals surface area contributed by atoms with Crippen LogP contribution >= 0.6 is 0 Å². The lowest BCUT2D eigenvalue weighted by atomic mass is 9.99. The number of carbonyl (C=O) groups excluding carboxylic acids is 3. The normalized spacial score (nSPS) is 15.9. The molecule has 0 saturated heterocycles. The summed E-state index contributed by atoms with van der Waals surface area (Å²) in [6, 6.07) is 10.3. The highest BCUT2D eigenvalue weighted by Crippen LogP contribution is 2.31. The van der Waals surface area contributed by atoms with E-state index in [0.29, 0.717) is 5.56 Å². The fourth-order valence-corrected chi connectivity index (χ4v) is 4.15. The van der Waals surface area contributed by atoms with E-state index in [2.05, 4.69) is 36.2 Å². The number of tetrazole rings is 1. The number of fused-ring (bicyclic) bond motifs is 1. The molecular formula is C24H26N8O5. The predicted molar refractivity (Wildman–Crippen MR) is 129 cm³/mol. The molecule has 0 radical (unpaired) electrons. The molecule has 13 nitrogen and oxygen atoms in total. The molecule has 0 bridgehead atoms. The van der Waals surface area contributed by atoms with Crippen molar-refractivity contribution in [3.05, 3.63) is 65.6 Å². The van der Waals surface area contributed by atoms with Crippen LogP contribution in [0.2, 0.25) is 0 Å². The summed E-state index contributed by atoms with van der Waals surface area (Å²) in [5.74, 6) is -2.67. The third-order valence-corrected chi connectivity index (χ3v) is 6.12. The number of carbonyl (C=O) groups is 4. The van der Waals surface area contributed by atoms with Crippen LogP contribution in [0.15, 0.2) is 48.7 Å². The van der Waals surface area contributed by atoms with E-state index in [9.17, 15) is 24.3 Å². The zero-order chi connectivity index (χ0) is 26.4. The molecule has 13 heteroatoms. The highest BCUT2D eigenvalue weighted by molar-refractivity contribution is 6.06. The molecule has 0 fully saturated rings. The van der Waals surface area contributed by atoms with Crippen LogP contribution in [-0.4, -0.2) is 66.5 Å². The number of anilines is 1. The third kappa shape index (κ3) is 5.94. The topological polar surface area (TPSA) is 183 Å². The van der Waals surface area contributed by atoms with Gasteiger partial charge in [0, 0.05) is 19.0 Å². The minimum absolute atomic E-state index is 0.00853. The van der Waals surface area contributed by atoms with E-state index in [4.69, 9.17) is 0 Å². The molecule has 192 valence electrons. The van der Waals surface area contributed by atoms with Gasteiger partial charge in [0.1, 0.15) is 17.9 Å². The van der Waals surface area contributed by atoms with Gasteiger partial charge in [-0.05, 0) is 30.5 Å². The molecule has 1 aromatic carbocycles. The number of aromatic amines is 1. The Balaban J connectivity index is 1.57. The largest absolute Gasteiger partial charge is 0.481 e. The van der Waals surface area contributed by atoms with Gasteiger partial charge in [-0.25, -0.2) is 4.98 Å². The first-order valence-electron chi connectivity index (χ1n) is 11.7. The number of amides is 3. The molecule has 1 unspecified atom stereocenters. The Kier molecular flexibility index (Phi) is 7.81. The van der Waals surface area contributed by atoms with E-state index in [0.717, 1.165) is 5.56 Å². The van der Waals surface area contributed by atoms with Crippen molar-refractivity contribution in [3.8, 4) is 0 Å². The van der Waals surface area contributed by atoms with E-state index in [1.54, 1.807) is 43.3 Å². The lowest BCUT2D eigenvalue weighted by Crippen LogP contribution is -2.55. The maximum Gasteiger partial charge on any atom is 0.303 e. The molecule has 4 N–H and O–H groups in total. The first-order chi connectivity index (χ1) is 17.8. The summed E-state index contributed by atoms with van der Waals surface area (Å²) in [5.41, 5.74) is 1.42.